The molecule has 3 heteroatoms. The average Bonchev–Trinajstić information content (AvgIpc) is 2.72. The van der Waals surface area contributed by atoms with Gasteiger partial charge in [-0.2, -0.15) is 0 Å². The second-order valence-corrected chi connectivity index (χ2v) is 7.19. The van der Waals surface area contributed by atoms with Crippen LogP contribution in [0, 0.1) is 0 Å². The number of aromatic nitrogens is 1. The Morgan fingerprint density at radius 2 is 1.71 bits per heavy atom. The minimum absolute atomic E-state index is 0.302. The van der Waals surface area contributed by atoms with E-state index in [1.54, 1.807) is 0 Å². The zero-order valence-electron chi connectivity index (χ0n) is 16.4. The highest BCUT2D eigenvalue weighted by Gasteiger charge is 2.16. The summed E-state index contributed by atoms with van der Waals surface area (Å²) in [6.07, 6.45) is 0. The normalized spacial score (nSPS) is 11.3. The van der Waals surface area contributed by atoms with Gasteiger partial charge in [-0.1, -0.05) is 62.4 Å². The lowest BCUT2D eigenvalue weighted by Crippen LogP contribution is -2.06. The molecule has 1 aromatic heterocycles. The number of carbonyl (C=O) groups is 1. The van der Waals surface area contributed by atoms with Crippen molar-refractivity contribution in [1.29, 1.82) is 0 Å². The van der Waals surface area contributed by atoms with E-state index in [2.05, 4.69) is 32.0 Å². The number of hydrogen-bond acceptors (Lipinski definition) is 3. The molecule has 0 bridgehead atoms. The molecule has 0 atom stereocenters. The lowest BCUT2D eigenvalue weighted by Gasteiger charge is -2.13. The third kappa shape index (κ3) is 3.13. The topological polar surface area (TPSA) is 39.2 Å². The van der Waals surface area contributed by atoms with Gasteiger partial charge in [0.15, 0.2) is 0 Å². The van der Waals surface area contributed by atoms with Gasteiger partial charge in [-0.05, 0) is 42.0 Å². The number of ether oxygens (including phenoxy) is 1. The van der Waals surface area contributed by atoms with E-state index < -0.39 is 0 Å². The third-order valence-electron chi connectivity index (χ3n) is 5.06. The summed E-state index contributed by atoms with van der Waals surface area (Å²) < 4.78 is 5.28. The molecule has 0 spiro atoms. The number of benzene rings is 3. The molecule has 0 amide bonds. The molecule has 0 saturated heterocycles. The van der Waals surface area contributed by atoms with Crippen LogP contribution in [-0.2, 0) is 4.74 Å². The lowest BCUT2D eigenvalue weighted by atomic mass is 9.95. The minimum Gasteiger partial charge on any atom is -0.462 e. The van der Waals surface area contributed by atoms with Crippen LogP contribution in [-0.4, -0.2) is 17.6 Å². The van der Waals surface area contributed by atoms with E-state index in [1.807, 2.05) is 55.5 Å². The first-order valence-corrected chi connectivity index (χ1v) is 9.69. The summed E-state index contributed by atoms with van der Waals surface area (Å²) in [7, 11) is 0. The second-order valence-electron chi connectivity index (χ2n) is 7.19. The third-order valence-corrected chi connectivity index (χ3v) is 5.06. The standard InChI is InChI=1S/C25H23NO2/c1-4-28-25(27)21-12-6-9-17-8-5-11-20(24(17)21)23-15-14-19-18(16(2)3)10-7-13-22(19)26-23/h5-16H,4H2,1-3H3. The Labute approximate surface area is 165 Å². The molecule has 3 nitrogen and oxygen atoms in total. The quantitative estimate of drug-likeness (QED) is 0.393. The van der Waals surface area contributed by atoms with E-state index in [1.165, 1.54) is 10.9 Å². The maximum atomic E-state index is 12.5. The highest BCUT2D eigenvalue weighted by Crippen LogP contribution is 2.33. The van der Waals surface area contributed by atoms with E-state index in [9.17, 15) is 4.79 Å². The number of pyridine rings is 1. The molecule has 0 unspecified atom stereocenters. The molecule has 28 heavy (non-hydrogen) atoms. The Bertz CT molecular complexity index is 1170. The summed E-state index contributed by atoms with van der Waals surface area (Å²) >= 11 is 0. The van der Waals surface area contributed by atoms with E-state index in [4.69, 9.17) is 9.72 Å². The summed E-state index contributed by atoms with van der Waals surface area (Å²) in [6.45, 7) is 6.56. The van der Waals surface area contributed by atoms with Crippen molar-refractivity contribution in [3.8, 4) is 11.3 Å². The highest BCUT2D eigenvalue weighted by atomic mass is 16.5. The molecule has 0 aliphatic heterocycles. The molecule has 3 aromatic carbocycles. The smallest absolute Gasteiger partial charge is 0.338 e. The van der Waals surface area contributed by atoms with Crippen LogP contribution in [0.15, 0.2) is 66.7 Å². The molecule has 0 aliphatic rings. The van der Waals surface area contributed by atoms with E-state index >= 15 is 0 Å². The van der Waals surface area contributed by atoms with Gasteiger partial charge in [0.05, 0.1) is 23.4 Å². The van der Waals surface area contributed by atoms with Crippen molar-refractivity contribution in [1.82, 2.24) is 4.98 Å². The summed E-state index contributed by atoms with van der Waals surface area (Å²) in [5.74, 6) is 0.132. The molecular formula is C25H23NO2. The van der Waals surface area contributed by atoms with Gasteiger partial charge in [-0.15, -0.1) is 0 Å². The summed E-state index contributed by atoms with van der Waals surface area (Å²) in [4.78, 5) is 17.5. The molecule has 0 fully saturated rings. The number of carbonyl (C=O) groups excluding carboxylic acids is 1. The van der Waals surface area contributed by atoms with E-state index in [-0.39, 0.29) is 5.97 Å². The Hall–Kier alpha value is -3.20. The van der Waals surface area contributed by atoms with Gasteiger partial charge in [0.1, 0.15) is 0 Å². The number of esters is 1. The molecule has 4 rings (SSSR count). The molecule has 0 saturated carbocycles. The van der Waals surface area contributed by atoms with Gasteiger partial charge in [-0.3, -0.25) is 0 Å². The van der Waals surface area contributed by atoms with E-state index in [0.29, 0.717) is 18.1 Å². The van der Waals surface area contributed by atoms with Crippen LogP contribution in [0.3, 0.4) is 0 Å². The Morgan fingerprint density at radius 3 is 2.46 bits per heavy atom. The largest absolute Gasteiger partial charge is 0.462 e. The lowest BCUT2D eigenvalue weighted by molar-refractivity contribution is 0.0528. The Balaban J connectivity index is 1.95. The van der Waals surface area contributed by atoms with Gasteiger partial charge >= 0.3 is 5.97 Å². The number of fused-ring (bicyclic) bond motifs is 2. The molecule has 0 N–H and O–H groups in total. The fraction of sp³-hybridized carbons (Fsp3) is 0.200. The fourth-order valence-electron chi connectivity index (χ4n) is 3.77. The van der Waals surface area contributed by atoms with Crippen molar-refractivity contribution in [2.75, 3.05) is 6.61 Å². The van der Waals surface area contributed by atoms with Crippen LogP contribution in [0.25, 0.3) is 32.9 Å². The van der Waals surface area contributed by atoms with Crippen LogP contribution in [0.2, 0.25) is 0 Å². The van der Waals surface area contributed by atoms with Crippen LogP contribution in [0.1, 0.15) is 42.6 Å². The first-order chi connectivity index (χ1) is 13.6. The van der Waals surface area contributed by atoms with Crippen LogP contribution >= 0.6 is 0 Å². The number of nitrogens with zero attached hydrogens (tertiary/aromatic N) is 1. The molecule has 140 valence electrons. The van der Waals surface area contributed by atoms with Crippen molar-refractivity contribution in [3.05, 3.63) is 77.9 Å². The van der Waals surface area contributed by atoms with Gasteiger partial charge in [0.25, 0.3) is 0 Å². The number of rotatable bonds is 4. The van der Waals surface area contributed by atoms with E-state index in [0.717, 1.165) is 27.5 Å². The van der Waals surface area contributed by atoms with Crippen molar-refractivity contribution in [2.24, 2.45) is 0 Å². The van der Waals surface area contributed by atoms with Gasteiger partial charge < -0.3 is 4.74 Å². The predicted molar refractivity (Wildman–Crippen MR) is 115 cm³/mol. The summed E-state index contributed by atoms with van der Waals surface area (Å²) in [5.41, 5.74) is 4.64. The zero-order chi connectivity index (χ0) is 19.7. The summed E-state index contributed by atoms with van der Waals surface area (Å²) in [5, 5.41) is 3.06. The van der Waals surface area contributed by atoms with Crippen LogP contribution in [0.5, 0.6) is 0 Å². The minimum atomic E-state index is -0.302. The average molecular weight is 369 g/mol. The molecule has 0 radical (unpaired) electrons. The van der Waals surface area contributed by atoms with Crippen molar-refractivity contribution >= 4 is 27.6 Å². The van der Waals surface area contributed by atoms with Gasteiger partial charge in [0.2, 0.25) is 0 Å². The fourth-order valence-corrected chi connectivity index (χ4v) is 3.77. The Morgan fingerprint density at radius 1 is 0.964 bits per heavy atom. The van der Waals surface area contributed by atoms with Crippen LogP contribution < -0.4 is 0 Å². The molecule has 1 heterocycles. The maximum Gasteiger partial charge on any atom is 0.338 e. The second kappa shape index (κ2) is 7.43. The first-order valence-electron chi connectivity index (χ1n) is 9.69. The zero-order valence-corrected chi connectivity index (χ0v) is 16.4. The van der Waals surface area contributed by atoms with Crippen molar-refractivity contribution < 1.29 is 9.53 Å². The maximum absolute atomic E-state index is 12.5. The van der Waals surface area contributed by atoms with Gasteiger partial charge in [0, 0.05) is 16.3 Å². The van der Waals surface area contributed by atoms with Gasteiger partial charge in [-0.25, -0.2) is 9.78 Å². The molecule has 0 aliphatic carbocycles. The molecular weight excluding hydrogens is 346 g/mol. The van der Waals surface area contributed by atoms with Crippen molar-refractivity contribution in [3.63, 3.8) is 0 Å². The molecule has 4 aromatic rings. The monoisotopic (exact) mass is 369 g/mol. The summed E-state index contributed by atoms with van der Waals surface area (Å²) in [6, 6.07) is 22.2. The Kier molecular flexibility index (Phi) is 4.82. The van der Waals surface area contributed by atoms with Crippen LogP contribution in [0.4, 0.5) is 0 Å². The van der Waals surface area contributed by atoms with Crippen molar-refractivity contribution in [2.45, 2.75) is 26.7 Å². The first kappa shape index (κ1) is 18.2. The number of hydrogen-bond donors (Lipinski definition) is 0. The SMILES string of the molecule is CCOC(=O)c1cccc2cccc(-c3ccc4c(C(C)C)cccc4n3)c12. The predicted octanol–water partition coefficient (Wildman–Crippen LogP) is 6.36. The highest BCUT2D eigenvalue weighted by molar-refractivity contribution is 6.10.